The summed E-state index contributed by atoms with van der Waals surface area (Å²) in [6, 6.07) is 2.47. The average molecular weight is 387 g/mol. The summed E-state index contributed by atoms with van der Waals surface area (Å²) < 4.78 is 65.4. The molecule has 10 heteroatoms. The molecule has 0 fully saturated rings. The van der Waals surface area contributed by atoms with Crippen LogP contribution in [0.15, 0.2) is 46.9 Å². The van der Waals surface area contributed by atoms with E-state index in [1.165, 1.54) is 19.2 Å². The van der Waals surface area contributed by atoms with Gasteiger partial charge in [-0.05, 0) is 30.2 Å². The van der Waals surface area contributed by atoms with Crippen LogP contribution in [0.5, 0.6) is 0 Å². The first-order valence-electron chi connectivity index (χ1n) is 7.75. The van der Waals surface area contributed by atoms with Crippen LogP contribution in [0.1, 0.15) is 25.1 Å². The number of allylic oxidation sites excluding steroid dienone is 2. The minimum atomic E-state index is -4.50. The number of halogens is 5. The van der Waals surface area contributed by atoms with E-state index in [0.29, 0.717) is 12.5 Å². The first-order valence-corrected chi connectivity index (χ1v) is 7.75. The molecule has 2 aromatic rings. The number of fused-ring (bicyclic) bond motifs is 1. The maximum atomic E-state index is 13.6. The second-order valence-corrected chi connectivity index (χ2v) is 5.93. The predicted octanol–water partition coefficient (Wildman–Crippen LogP) is 4.10. The number of aromatic nitrogens is 2. The second kappa shape index (κ2) is 7.37. The van der Waals surface area contributed by atoms with E-state index in [-0.39, 0.29) is 28.8 Å². The molecule has 2 aromatic heterocycles. The first kappa shape index (κ1) is 20.4. The van der Waals surface area contributed by atoms with E-state index in [4.69, 9.17) is 5.73 Å². The third-order valence-electron chi connectivity index (χ3n) is 3.77. The third kappa shape index (κ3) is 4.83. The molecule has 0 saturated carbocycles. The molecule has 0 saturated heterocycles. The molecule has 0 bridgehead atoms. The van der Waals surface area contributed by atoms with Gasteiger partial charge in [-0.25, -0.2) is 9.98 Å². The number of nitrogens with two attached hydrogens (primary N) is 1. The zero-order valence-electron chi connectivity index (χ0n) is 14.6. The molecule has 27 heavy (non-hydrogen) atoms. The number of nitrogens with one attached hydrogen (secondary N) is 2. The van der Waals surface area contributed by atoms with Crippen molar-refractivity contribution in [1.29, 1.82) is 0 Å². The van der Waals surface area contributed by atoms with Crippen LogP contribution in [0.25, 0.3) is 11.0 Å². The molecular formula is C17H18F5N5. The van der Waals surface area contributed by atoms with Crippen LogP contribution >= 0.6 is 0 Å². The molecule has 0 aliphatic carbocycles. The molecular weight excluding hydrogens is 369 g/mol. The maximum Gasteiger partial charge on any atom is 0.431 e. The molecule has 146 valence electrons. The fourth-order valence-electron chi connectivity index (χ4n) is 2.41. The van der Waals surface area contributed by atoms with Crippen molar-refractivity contribution < 1.29 is 22.0 Å². The molecule has 0 spiro atoms. The van der Waals surface area contributed by atoms with Gasteiger partial charge < -0.3 is 16.0 Å². The van der Waals surface area contributed by atoms with Gasteiger partial charge in [-0.15, -0.1) is 0 Å². The Morgan fingerprint density at radius 1 is 1.33 bits per heavy atom. The fourth-order valence-corrected chi connectivity index (χ4v) is 2.41. The van der Waals surface area contributed by atoms with Gasteiger partial charge in [0.05, 0.1) is 6.34 Å². The Morgan fingerprint density at radius 3 is 2.56 bits per heavy atom. The van der Waals surface area contributed by atoms with E-state index >= 15 is 0 Å². The van der Waals surface area contributed by atoms with Gasteiger partial charge in [0.2, 0.25) is 0 Å². The molecule has 5 nitrogen and oxygen atoms in total. The van der Waals surface area contributed by atoms with Crippen molar-refractivity contribution in [3.63, 3.8) is 0 Å². The molecule has 0 aliphatic heterocycles. The minimum Gasteiger partial charge on any atom is -0.390 e. The molecule has 0 aromatic carbocycles. The van der Waals surface area contributed by atoms with Crippen LogP contribution in [0.3, 0.4) is 0 Å². The predicted molar refractivity (Wildman–Crippen MR) is 93.1 cm³/mol. The van der Waals surface area contributed by atoms with E-state index in [1.54, 1.807) is 0 Å². The van der Waals surface area contributed by atoms with Crippen molar-refractivity contribution in [2.45, 2.75) is 32.5 Å². The monoisotopic (exact) mass is 387 g/mol. The van der Waals surface area contributed by atoms with Crippen molar-refractivity contribution in [1.82, 2.24) is 15.3 Å². The number of rotatable bonds is 6. The highest BCUT2D eigenvalue weighted by molar-refractivity contribution is 5.77. The Bertz CT molecular complexity index is 903. The smallest absolute Gasteiger partial charge is 0.390 e. The summed E-state index contributed by atoms with van der Waals surface area (Å²) >= 11 is 0. The fraction of sp³-hybridized carbons (Fsp3) is 0.294. The SMILES string of the molecule is C=C(NCc1cnc2[nH]c(C(F)(F)F)cc2c1)/C(C)=C(\N=CN)C(C)(F)F. The molecule has 0 aliphatic rings. The second-order valence-electron chi connectivity index (χ2n) is 5.93. The van der Waals surface area contributed by atoms with E-state index < -0.39 is 23.5 Å². The Hall–Kier alpha value is -2.91. The van der Waals surface area contributed by atoms with Crippen LogP contribution < -0.4 is 11.1 Å². The van der Waals surface area contributed by atoms with Crippen molar-refractivity contribution in [3.05, 3.63) is 53.1 Å². The number of hydrogen-bond acceptors (Lipinski definition) is 3. The molecule has 4 N–H and O–H groups in total. The average Bonchev–Trinajstić information content (AvgIpc) is 2.99. The van der Waals surface area contributed by atoms with E-state index in [9.17, 15) is 22.0 Å². The van der Waals surface area contributed by atoms with E-state index in [0.717, 1.165) is 12.4 Å². The van der Waals surface area contributed by atoms with Crippen LogP contribution in [-0.4, -0.2) is 22.2 Å². The van der Waals surface area contributed by atoms with Crippen LogP contribution in [0.4, 0.5) is 22.0 Å². The Morgan fingerprint density at radius 2 is 2.00 bits per heavy atom. The highest BCUT2D eigenvalue weighted by Gasteiger charge is 2.33. The molecule has 0 radical (unpaired) electrons. The lowest BCUT2D eigenvalue weighted by atomic mass is 10.1. The van der Waals surface area contributed by atoms with Gasteiger partial charge in [0, 0.05) is 30.7 Å². The number of alkyl halides is 5. The summed E-state index contributed by atoms with van der Waals surface area (Å²) in [5.41, 5.74) is 4.64. The molecule has 0 unspecified atom stereocenters. The lowest BCUT2D eigenvalue weighted by Crippen LogP contribution is -2.20. The molecule has 2 rings (SSSR count). The summed E-state index contributed by atoms with van der Waals surface area (Å²) in [4.78, 5) is 9.64. The standard InChI is InChI=1S/C17H18F5N5/c1-9(14(26-8-23)16(3,18)19)10(2)24-6-11-4-12-5-13(17(20,21)22)27-15(12)25-7-11/h4-5,7-8,24H,2,6H2,1,3H3,(H2,23,26)(H,25,27)/b14-9-. The van der Waals surface area contributed by atoms with Gasteiger partial charge >= 0.3 is 6.18 Å². The van der Waals surface area contributed by atoms with Gasteiger partial charge in [-0.3, -0.25) is 0 Å². The van der Waals surface area contributed by atoms with Gasteiger partial charge in [0.1, 0.15) is 17.0 Å². The summed E-state index contributed by atoms with van der Waals surface area (Å²) in [7, 11) is 0. The van der Waals surface area contributed by atoms with Crippen molar-refractivity contribution in [3.8, 4) is 0 Å². The highest BCUT2D eigenvalue weighted by atomic mass is 19.4. The first-order chi connectivity index (χ1) is 12.4. The number of nitrogens with zero attached hydrogens (tertiary/aromatic N) is 2. The molecule has 0 atom stereocenters. The third-order valence-corrected chi connectivity index (χ3v) is 3.77. The normalized spacial score (nSPS) is 13.9. The largest absolute Gasteiger partial charge is 0.431 e. The molecule has 0 amide bonds. The number of pyridine rings is 1. The number of aliphatic imine (C=N–C) groups is 1. The zero-order chi connectivity index (χ0) is 20.4. The number of H-pyrrole nitrogens is 1. The Balaban J connectivity index is 2.19. The van der Waals surface area contributed by atoms with Gasteiger partial charge in [-0.1, -0.05) is 6.58 Å². The van der Waals surface area contributed by atoms with Crippen LogP contribution in [0.2, 0.25) is 0 Å². The van der Waals surface area contributed by atoms with Crippen molar-refractivity contribution >= 4 is 17.4 Å². The topological polar surface area (TPSA) is 79.1 Å². The number of hydrogen-bond donors (Lipinski definition) is 3. The lowest BCUT2D eigenvalue weighted by Gasteiger charge is -2.17. The van der Waals surface area contributed by atoms with Gasteiger partial charge in [0.15, 0.2) is 0 Å². The summed E-state index contributed by atoms with van der Waals surface area (Å²) in [5, 5.41) is 3.12. The maximum absolute atomic E-state index is 13.6. The quantitative estimate of drug-likeness (QED) is 0.302. The zero-order valence-corrected chi connectivity index (χ0v) is 14.6. The van der Waals surface area contributed by atoms with E-state index in [1.807, 2.05) is 0 Å². The number of aromatic amines is 1. The summed E-state index contributed by atoms with van der Waals surface area (Å²) in [6.07, 6.45) is -2.35. The minimum absolute atomic E-state index is 0.103. The Kier molecular flexibility index (Phi) is 5.57. The van der Waals surface area contributed by atoms with E-state index in [2.05, 4.69) is 26.9 Å². The summed E-state index contributed by atoms with van der Waals surface area (Å²) in [6.45, 7) is 5.92. The Labute approximate surface area is 151 Å². The van der Waals surface area contributed by atoms with Crippen LogP contribution in [-0.2, 0) is 12.7 Å². The van der Waals surface area contributed by atoms with Crippen molar-refractivity contribution in [2.75, 3.05) is 0 Å². The highest BCUT2D eigenvalue weighted by Crippen LogP contribution is 2.31. The van der Waals surface area contributed by atoms with Crippen LogP contribution in [0, 0.1) is 0 Å². The molecule has 2 heterocycles. The summed E-state index contributed by atoms with van der Waals surface area (Å²) in [5.74, 6) is -3.22. The van der Waals surface area contributed by atoms with Crippen molar-refractivity contribution in [2.24, 2.45) is 10.7 Å². The lowest BCUT2D eigenvalue weighted by molar-refractivity contribution is -0.140. The van der Waals surface area contributed by atoms with Gasteiger partial charge in [0.25, 0.3) is 5.92 Å². The van der Waals surface area contributed by atoms with Gasteiger partial charge in [-0.2, -0.15) is 22.0 Å².